The summed E-state index contributed by atoms with van der Waals surface area (Å²) in [5, 5.41) is 9.96. The third-order valence-corrected chi connectivity index (χ3v) is 3.43. The van der Waals surface area contributed by atoms with Gasteiger partial charge in [0, 0.05) is 3.57 Å². The molecule has 0 saturated carbocycles. The molecule has 0 aliphatic heterocycles. The summed E-state index contributed by atoms with van der Waals surface area (Å²) in [6.45, 7) is 4.31. The highest BCUT2D eigenvalue weighted by Crippen LogP contribution is 2.20. The molecular weight excluding hydrogens is 313 g/mol. The van der Waals surface area contributed by atoms with Crippen molar-refractivity contribution < 1.29 is 5.11 Å². The van der Waals surface area contributed by atoms with E-state index in [0.29, 0.717) is 5.92 Å². The minimum atomic E-state index is -0.442. The van der Waals surface area contributed by atoms with E-state index in [1.165, 1.54) is 3.57 Å². The van der Waals surface area contributed by atoms with E-state index < -0.39 is 6.10 Å². The van der Waals surface area contributed by atoms with Crippen LogP contribution in [0.2, 0.25) is 0 Å². The van der Waals surface area contributed by atoms with Gasteiger partial charge in [-0.1, -0.05) is 26.0 Å². The number of aliphatic hydroxyl groups excluding tert-OH is 1. The van der Waals surface area contributed by atoms with Gasteiger partial charge >= 0.3 is 0 Å². The van der Waals surface area contributed by atoms with E-state index >= 15 is 0 Å². The molecule has 0 amide bonds. The molecule has 16 heavy (non-hydrogen) atoms. The zero-order valence-corrected chi connectivity index (χ0v) is 12.0. The molecule has 1 aromatic carbocycles. The van der Waals surface area contributed by atoms with Crippen molar-refractivity contribution >= 4 is 22.6 Å². The average Bonchev–Trinajstić information content (AvgIpc) is 2.26. The Hall–Kier alpha value is -0.130. The van der Waals surface area contributed by atoms with Crippen LogP contribution in [-0.4, -0.2) is 11.2 Å². The Morgan fingerprint density at radius 2 is 1.75 bits per heavy atom. The van der Waals surface area contributed by atoms with Crippen LogP contribution in [0.5, 0.6) is 0 Å². The smallest absolute Gasteiger partial charge is 0.0732 e. The summed E-state index contributed by atoms with van der Waals surface area (Å²) in [5.74, 6) is 0.610. The number of rotatable bonds is 5. The van der Waals surface area contributed by atoms with Crippen LogP contribution in [0.4, 0.5) is 0 Å². The van der Waals surface area contributed by atoms with Crippen molar-refractivity contribution in [1.29, 1.82) is 0 Å². The van der Waals surface area contributed by atoms with Gasteiger partial charge in [-0.05, 0) is 59.0 Å². The number of halogens is 1. The Bertz CT molecular complexity index is 310. The number of nitrogens with two attached hydrogens (primary N) is 1. The van der Waals surface area contributed by atoms with Crippen LogP contribution in [0.25, 0.3) is 0 Å². The first-order chi connectivity index (χ1) is 7.50. The average molecular weight is 333 g/mol. The van der Waals surface area contributed by atoms with Crippen molar-refractivity contribution in [1.82, 2.24) is 0 Å². The predicted molar refractivity (Wildman–Crippen MR) is 76.2 cm³/mol. The maximum Gasteiger partial charge on any atom is 0.0732 e. The van der Waals surface area contributed by atoms with Gasteiger partial charge in [0.25, 0.3) is 0 Å². The molecule has 1 rings (SSSR count). The molecule has 0 aromatic heterocycles. The summed E-state index contributed by atoms with van der Waals surface area (Å²) in [6, 6.07) is 7.75. The third-order valence-electron chi connectivity index (χ3n) is 2.71. The van der Waals surface area contributed by atoms with E-state index in [1.807, 2.05) is 24.3 Å². The lowest BCUT2D eigenvalue weighted by Gasteiger charge is -2.20. The van der Waals surface area contributed by atoms with E-state index in [0.717, 1.165) is 18.4 Å². The minimum absolute atomic E-state index is 0.268. The monoisotopic (exact) mass is 333 g/mol. The van der Waals surface area contributed by atoms with Crippen LogP contribution in [-0.2, 0) is 0 Å². The molecule has 2 atom stereocenters. The van der Waals surface area contributed by atoms with Crippen LogP contribution in [0.15, 0.2) is 24.3 Å². The van der Waals surface area contributed by atoms with Gasteiger partial charge in [0.05, 0.1) is 12.1 Å². The van der Waals surface area contributed by atoms with Gasteiger partial charge in [0.15, 0.2) is 0 Å². The first-order valence-electron chi connectivity index (χ1n) is 5.70. The fourth-order valence-corrected chi connectivity index (χ4v) is 1.95. The van der Waals surface area contributed by atoms with E-state index in [9.17, 15) is 5.11 Å². The van der Waals surface area contributed by atoms with Gasteiger partial charge < -0.3 is 10.8 Å². The highest BCUT2D eigenvalue weighted by atomic mass is 127. The van der Waals surface area contributed by atoms with Gasteiger partial charge in [-0.25, -0.2) is 0 Å². The van der Waals surface area contributed by atoms with Crippen LogP contribution < -0.4 is 5.73 Å². The lowest BCUT2D eigenvalue weighted by molar-refractivity contribution is 0.128. The molecule has 0 unspecified atom stereocenters. The molecule has 0 spiro atoms. The van der Waals surface area contributed by atoms with E-state index in [-0.39, 0.29) is 6.04 Å². The number of hydrogen-bond acceptors (Lipinski definition) is 2. The summed E-state index contributed by atoms with van der Waals surface area (Å²) in [4.78, 5) is 0. The molecule has 0 bridgehead atoms. The van der Waals surface area contributed by atoms with E-state index in [1.54, 1.807) is 0 Å². The summed E-state index contributed by atoms with van der Waals surface area (Å²) in [7, 11) is 0. The number of benzene rings is 1. The molecule has 3 heteroatoms. The second kappa shape index (κ2) is 6.57. The van der Waals surface area contributed by atoms with Crippen molar-refractivity contribution in [3.8, 4) is 0 Å². The van der Waals surface area contributed by atoms with E-state index in [2.05, 4.69) is 36.4 Å². The largest absolute Gasteiger partial charge is 0.391 e. The first-order valence-corrected chi connectivity index (χ1v) is 6.77. The quantitative estimate of drug-likeness (QED) is 0.814. The summed E-state index contributed by atoms with van der Waals surface area (Å²) in [5.41, 5.74) is 7.03. The molecule has 1 aromatic rings. The fourth-order valence-electron chi connectivity index (χ4n) is 1.59. The van der Waals surface area contributed by atoms with Crippen molar-refractivity contribution in [2.75, 3.05) is 0 Å². The lowest BCUT2D eigenvalue weighted by Crippen LogP contribution is -2.26. The van der Waals surface area contributed by atoms with Gasteiger partial charge in [0.2, 0.25) is 0 Å². The van der Waals surface area contributed by atoms with Crippen molar-refractivity contribution in [3.05, 3.63) is 33.4 Å². The molecule has 0 aliphatic rings. The van der Waals surface area contributed by atoms with Gasteiger partial charge in [-0.3, -0.25) is 0 Å². The second-order valence-electron chi connectivity index (χ2n) is 4.62. The van der Waals surface area contributed by atoms with Crippen molar-refractivity contribution in [3.63, 3.8) is 0 Å². The molecule has 2 nitrogen and oxygen atoms in total. The van der Waals surface area contributed by atoms with Gasteiger partial charge in [-0.2, -0.15) is 0 Å². The second-order valence-corrected chi connectivity index (χ2v) is 5.86. The number of hydrogen-bond donors (Lipinski definition) is 2. The normalized spacial score (nSPS) is 15.1. The van der Waals surface area contributed by atoms with Gasteiger partial charge in [0.1, 0.15) is 0 Å². The highest BCUT2D eigenvalue weighted by Gasteiger charge is 2.16. The van der Waals surface area contributed by atoms with Crippen molar-refractivity contribution in [2.24, 2.45) is 11.7 Å². The Kier molecular flexibility index (Phi) is 5.72. The maximum atomic E-state index is 9.96. The van der Waals surface area contributed by atoms with Crippen LogP contribution in [0.1, 0.15) is 38.3 Å². The molecule has 0 fully saturated rings. The molecule has 0 aliphatic carbocycles. The Morgan fingerprint density at radius 3 is 2.25 bits per heavy atom. The molecular formula is C13H20INO. The van der Waals surface area contributed by atoms with E-state index in [4.69, 9.17) is 5.73 Å². The standard InChI is InChI=1S/C13H20INO/c1-9(2)3-8-12(16)13(15)10-4-6-11(14)7-5-10/h4-7,9,12-13,16H,3,8,15H2,1-2H3/t12-,13+/m1/s1. The zero-order chi connectivity index (χ0) is 12.1. The van der Waals surface area contributed by atoms with Crippen molar-refractivity contribution in [2.45, 2.75) is 38.8 Å². The molecule has 3 N–H and O–H groups in total. The Labute approximate surface area is 111 Å². The number of aliphatic hydroxyl groups is 1. The summed E-state index contributed by atoms with van der Waals surface area (Å²) in [6.07, 6.45) is 1.34. The Morgan fingerprint density at radius 1 is 1.19 bits per heavy atom. The molecule has 0 saturated heterocycles. The van der Waals surface area contributed by atoms with Crippen LogP contribution in [0, 0.1) is 9.49 Å². The maximum absolute atomic E-state index is 9.96. The summed E-state index contributed by atoms with van der Waals surface area (Å²) < 4.78 is 1.19. The van der Waals surface area contributed by atoms with Crippen LogP contribution in [0.3, 0.4) is 0 Å². The predicted octanol–water partition coefficient (Wildman–Crippen LogP) is 3.09. The SMILES string of the molecule is CC(C)CC[C@@H](O)[C@@H](N)c1ccc(I)cc1. The Balaban J connectivity index is 2.56. The molecule has 90 valence electrons. The third kappa shape index (κ3) is 4.39. The summed E-state index contributed by atoms with van der Waals surface area (Å²) >= 11 is 2.26. The topological polar surface area (TPSA) is 46.2 Å². The molecule has 0 radical (unpaired) electrons. The molecule has 0 heterocycles. The fraction of sp³-hybridized carbons (Fsp3) is 0.538. The van der Waals surface area contributed by atoms with Gasteiger partial charge in [-0.15, -0.1) is 0 Å². The zero-order valence-electron chi connectivity index (χ0n) is 9.86. The highest BCUT2D eigenvalue weighted by molar-refractivity contribution is 14.1. The van der Waals surface area contributed by atoms with Crippen LogP contribution >= 0.6 is 22.6 Å². The minimum Gasteiger partial charge on any atom is -0.391 e. The first kappa shape index (κ1) is 13.9. The lowest BCUT2D eigenvalue weighted by atomic mass is 9.96.